The van der Waals surface area contributed by atoms with Gasteiger partial charge in [-0.3, -0.25) is 4.79 Å². The zero-order valence-electron chi connectivity index (χ0n) is 12.6. The van der Waals surface area contributed by atoms with Crippen LogP contribution in [-0.2, 0) is 10.2 Å². The molecule has 2 aliphatic rings. The van der Waals surface area contributed by atoms with Crippen LogP contribution in [0.25, 0.3) is 16.7 Å². The molecule has 2 aromatic carbocycles. The Labute approximate surface area is 140 Å². The Hall–Kier alpha value is -2.20. The number of thiol groups is 1. The molecule has 0 spiro atoms. The average molecular weight is 323 g/mol. The minimum Gasteiger partial charge on any atom is -0.507 e. The highest BCUT2D eigenvalue weighted by molar-refractivity contribution is 7.80. The monoisotopic (exact) mass is 323 g/mol. The number of nitrogens with one attached hydrogen (secondary N) is 1. The van der Waals surface area contributed by atoms with Gasteiger partial charge in [0.1, 0.15) is 5.75 Å². The van der Waals surface area contributed by atoms with Crippen LogP contribution in [0.5, 0.6) is 5.75 Å². The van der Waals surface area contributed by atoms with Crippen LogP contribution in [0.15, 0.2) is 43.0 Å². The normalized spacial score (nSPS) is 17.8. The summed E-state index contributed by atoms with van der Waals surface area (Å²) in [6, 6.07) is 11.7. The third kappa shape index (κ3) is 2.17. The van der Waals surface area contributed by atoms with E-state index in [1.54, 1.807) is 6.07 Å². The smallest absolute Gasteiger partial charge is 0.255 e. The van der Waals surface area contributed by atoms with Crippen molar-refractivity contribution >= 4 is 29.8 Å². The van der Waals surface area contributed by atoms with E-state index in [0.29, 0.717) is 16.8 Å². The molecule has 1 aliphatic heterocycles. The third-order valence-corrected chi connectivity index (χ3v) is 5.55. The van der Waals surface area contributed by atoms with E-state index >= 15 is 0 Å². The first-order valence-corrected chi connectivity index (χ1v) is 8.27. The van der Waals surface area contributed by atoms with Crippen molar-refractivity contribution in [1.82, 2.24) is 0 Å². The van der Waals surface area contributed by atoms with Gasteiger partial charge in [-0.15, -0.1) is 0 Å². The maximum Gasteiger partial charge on any atom is 0.255 e. The highest BCUT2D eigenvalue weighted by atomic mass is 32.1. The molecule has 0 aromatic heterocycles. The van der Waals surface area contributed by atoms with Crippen molar-refractivity contribution in [2.75, 3.05) is 11.1 Å². The lowest BCUT2D eigenvalue weighted by molar-refractivity contribution is -0.110. The van der Waals surface area contributed by atoms with Gasteiger partial charge in [0.05, 0.1) is 5.69 Å². The molecule has 23 heavy (non-hydrogen) atoms. The van der Waals surface area contributed by atoms with Crippen LogP contribution in [0.3, 0.4) is 0 Å². The summed E-state index contributed by atoms with van der Waals surface area (Å²) in [5.74, 6) is 0.808. The van der Waals surface area contributed by atoms with Gasteiger partial charge >= 0.3 is 0 Å². The Kier molecular flexibility index (Phi) is 3.07. The molecule has 0 radical (unpaired) electrons. The zero-order valence-corrected chi connectivity index (χ0v) is 13.5. The highest BCUT2D eigenvalue weighted by Crippen LogP contribution is 2.49. The minimum atomic E-state index is -0.212. The molecule has 0 atom stereocenters. The molecule has 0 bridgehead atoms. The topological polar surface area (TPSA) is 49.3 Å². The first kappa shape index (κ1) is 14.4. The molecule has 3 nitrogen and oxygen atoms in total. The van der Waals surface area contributed by atoms with E-state index in [9.17, 15) is 9.90 Å². The highest BCUT2D eigenvalue weighted by Gasteiger charge is 2.42. The van der Waals surface area contributed by atoms with Crippen molar-refractivity contribution in [3.8, 4) is 16.9 Å². The predicted octanol–water partition coefficient (Wildman–Crippen LogP) is 3.99. The largest absolute Gasteiger partial charge is 0.507 e. The Morgan fingerprint density at radius 1 is 1.17 bits per heavy atom. The summed E-state index contributed by atoms with van der Waals surface area (Å²) in [5, 5.41) is 13.0. The Bertz CT molecular complexity index is 835. The average Bonchev–Trinajstić information content (AvgIpc) is 3.31. The van der Waals surface area contributed by atoms with E-state index in [0.717, 1.165) is 16.9 Å². The molecule has 2 aromatic rings. The summed E-state index contributed by atoms with van der Waals surface area (Å²) in [6.07, 6.45) is 2.38. The number of hydrogen-bond donors (Lipinski definition) is 3. The number of anilines is 1. The summed E-state index contributed by atoms with van der Waals surface area (Å²) < 4.78 is 0. The predicted molar refractivity (Wildman–Crippen MR) is 96.0 cm³/mol. The molecule has 116 valence electrons. The van der Waals surface area contributed by atoms with Crippen molar-refractivity contribution in [3.05, 3.63) is 54.1 Å². The summed E-state index contributed by atoms with van der Waals surface area (Å²) >= 11 is 4.46. The van der Waals surface area contributed by atoms with Crippen LogP contribution < -0.4 is 5.32 Å². The number of phenols is 1. The lowest BCUT2D eigenvalue weighted by atomic mass is 9.94. The number of benzene rings is 2. The van der Waals surface area contributed by atoms with Gasteiger partial charge in [0.15, 0.2) is 0 Å². The second-order valence-electron chi connectivity index (χ2n) is 6.36. The number of phenolic OH excluding ortho intramolecular Hbond substituents is 1. The molecule has 0 saturated heterocycles. The van der Waals surface area contributed by atoms with Crippen LogP contribution in [0.4, 0.5) is 5.69 Å². The number of aromatic hydroxyl groups is 1. The van der Waals surface area contributed by atoms with E-state index in [2.05, 4.69) is 36.7 Å². The number of carbonyl (C=O) groups excluding carboxylic acids is 1. The van der Waals surface area contributed by atoms with Crippen LogP contribution in [0, 0.1) is 0 Å². The Morgan fingerprint density at radius 3 is 2.48 bits per heavy atom. The molecule has 0 unspecified atom stereocenters. The second kappa shape index (κ2) is 4.90. The van der Waals surface area contributed by atoms with E-state index in [1.807, 2.05) is 18.2 Å². The number of hydrogen-bond acceptors (Lipinski definition) is 3. The first-order chi connectivity index (χ1) is 11.0. The van der Waals surface area contributed by atoms with E-state index in [1.165, 1.54) is 18.4 Å². The van der Waals surface area contributed by atoms with Crippen molar-refractivity contribution in [2.45, 2.75) is 18.3 Å². The SMILES string of the molecule is C=C1C(=O)Nc2cc(O)c(-c3ccc(C4(CS)CC4)cc3)cc21. The molecule has 1 heterocycles. The van der Waals surface area contributed by atoms with Gasteiger partial charge in [-0.2, -0.15) is 12.6 Å². The van der Waals surface area contributed by atoms with Gasteiger partial charge in [-0.05, 0) is 35.8 Å². The number of fused-ring (bicyclic) bond motifs is 1. The van der Waals surface area contributed by atoms with Crippen molar-refractivity contribution in [1.29, 1.82) is 0 Å². The second-order valence-corrected chi connectivity index (χ2v) is 6.68. The molecule has 2 N–H and O–H groups in total. The fraction of sp³-hybridized carbons (Fsp3) is 0.211. The van der Waals surface area contributed by atoms with Crippen molar-refractivity contribution in [3.63, 3.8) is 0 Å². The fourth-order valence-corrected chi connectivity index (χ4v) is 3.68. The summed E-state index contributed by atoms with van der Waals surface area (Å²) in [4.78, 5) is 11.7. The van der Waals surface area contributed by atoms with E-state index < -0.39 is 0 Å². The summed E-state index contributed by atoms with van der Waals surface area (Å²) in [6.45, 7) is 3.80. The zero-order chi connectivity index (χ0) is 16.2. The molecular weight excluding hydrogens is 306 g/mol. The lowest BCUT2D eigenvalue weighted by Crippen LogP contribution is -2.07. The van der Waals surface area contributed by atoms with Crippen LogP contribution in [0.1, 0.15) is 24.0 Å². The van der Waals surface area contributed by atoms with Crippen LogP contribution in [0.2, 0.25) is 0 Å². The van der Waals surface area contributed by atoms with Crippen molar-refractivity contribution in [2.24, 2.45) is 0 Å². The maximum absolute atomic E-state index is 11.7. The quantitative estimate of drug-likeness (QED) is 0.591. The molecule has 4 heteroatoms. The lowest BCUT2D eigenvalue weighted by Gasteiger charge is -2.14. The summed E-state index contributed by atoms with van der Waals surface area (Å²) in [5.41, 5.74) is 4.99. The van der Waals surface area contributed by atoms with Crippen LogP contribution >= 0.6 is 12.6 Å². The number of carbonyl (C=O) groups is 1. The minimum absolute atomic E-state index is 0.154. The molecule has 4 rings (SSSR count). The van der Waals surface area contributed by atoms with Crippen molar-refractivity contribution < 1.29 is 9.90 Å². The number of rotatable bonds is 3. The summed E-state index contributed by atoms with van der Waals surface area (Å²) in [7, 11) is 0. The van der Waals surface area contributed by atoms with E-state index in [4.69, 9.17) is 0 Å². The maximum atomic E-state index is 11.7. The van der Waals surface area contributed by atoms with Gasteiger partial charge < -0.3 is 10.4 Å². The molecule has 1 saturated carbocycles. The third-order valence-electron chi connectivity index (χ3n) is 4.95. The standard InChI is InChI=1S/C19H17NO2S/c1-11-14-8-15(17(21)9-16(14)20-18(11)22)12-2-4-13(5-3-12)19(10-23)6-7-19/h2-5,8-9,21,23H,1,6-7,10H2,(H,20,22). The first-order valence-electron chi connectivity index (χ1n) is 7.63. The van der Waals surface area contributed by atoms with E-state index in [-0.39, 0.29) is 17.1 Å². The van der Waals surface area contributed by atoms with Gasteiger partial charge in [-0.1, -0.05) is 30.8 Å². The molecular formula is C19H17NO2S. The van der Waals surface area contributed by atoms with Gasteiger partial charge in [0.25, 0.3) is 5.91 Å². The van der Waals surface area contributed by atoms with Gasteiger partial charge in [-0.25, -0.2) is 0 Å². The van der Waals surface area contributed by atoms with Gasteiger partial charge in [0, 0.05) is 28.2 Å². The number of amides is 1. The van der Waals surface area contributed by atoms with Gasteiger partial charge in [0.2, 0.25) is 0 Å². The van der Waals surface area contributed by atoms with Crippen LogP contribution in [-0.4, -0.2) is 16.8 Å². The molecule has 1 aliphatic carbocycles. The Balaban J connectivity index is 1.74. The fourth-order valence-electron chi connectivity index (χ4n) is 3.18. The molecule has 1 fully saturated rings. The Morgan fingerprint density at radius 2 is 1.87 bits per heavy atom. The molecule has 1 amide bonds.